The first-order valence-electron chi connectivity index (χ1n) is 6.72. The van der Waals surface area contributed by atoms with Crippen LogP contribution in [0.3, 0.4) is 0 Å². The Morgan fingerprint density at radius 1 is 1.39 bits per heavy atom. The molecule has 0 N–H and O–H groups in total. The molecular weight excluding hydrogens is 246 g/mol. The van der Waals surface area contributed by atoms with Gasteiger partial charge in [-0.15, -0.1) is 11.3 Å². The number of ether oxygens (including phenoxy) is 1. The van der Waals surface area contributed by atoms with Gasteiger partial charge in [-0.3, -0.25) is 4.79 Å². The van der Waals surface area contributed by atoms with E-state index in [1.54, 1.807) is 6.92 Å². The predicted octanol–water partition coefficient (Wildman–Crippen LogP) is 3.85. The molecule has 3 nitrogen and oxygen atoms in total. The molecule has 18 heavy (non-hydrogen) atoms. The standard InChI is InChI=1S/C14H21NO2S/c1-4-17-14(8-6-5-7-9-14)13-15-10(2)12(18-13)11(3)16/h4-9H2,1-3H3. The zero-order valence-electron chi connectivity index (χ0n) is 11.4. The molecule has 0 aromatic carbocycles. The van der Waals surface area contributed by atoms with E-state index in [0.29, 0.717) is 6.61 Å². The Hall–Kier alpha value is -0.740. The molecule has 2 rings (SSSR count). The molecule has 1 aliphatic carbocycles. The molecule has 0 radical (unpaired) electrons. The van der Waals surface area contributed by atoms with Crippen LogP contribution in [0.25, 0.3) is 0 Å². The Bertz CT molecular complexity index is 427. The third-order valence-electron chi connectivity index (χ3n) is 3.59. The van der Waals surface area contributed by atoms with Crippen molar-refractivity contribution >= 4 is 17.1 Å². The van der Waals surface area contributed by atoms with E-state index >= 15 is 0 Å². The first kappa shape index (κ1) is 13.7. The van der Waals surface area contributed by atoms with Gasteiger partial charge in [-0.1, -0.05) is 19.3 Å². The molecule has 0 unspecified atom stereocenters. The summed E-state index contributed by atoms with van der Waals surface area (Å²) in [5, 5.41) is 1.01. The average molecular weight is 267 g/mol. The molecule has 0 spiro atoms. The lowest BCUT2D eigenvalue weighted by Gasteiger charge is -2.35. The van der Waals surface area contributed by atoms with Gasteiger partial charge in [-0.2, -0.15) is 0 Å². The summed E-state index contributed by atoms with van der Waals surface area (Å²) >= 11 is 1.53. The van der Waals surface area contributed by atoms with Gasteiger partial charge in [-0.05, 0) is 26.7 Å². The van der Waals surface area contributed by atoms with Crippen LogP contribution in [0.1, 0.15) is 66.3 Å². The first-order valence-corrected chi connectivity index (χ1v) is 7.53. The summed E-state index contributed by atoms with van der Waals surface area (Å²) in [6, 6.07) is 0. The van der Waals surface area contributed by atoms with Crippen LogP contribution in [0.5, 0.6) is 0 Å². The fourth-order valence-corrected chi connectivity index (χ4v) is 3.90. The number of nitrogens with zero attached hydrogens (tertiary/aromatic N) is 1. The van der Waals surface area contributed by atoms with Crippen LogP contribution >= 0.6 is 11.3 Å². The minimum absolute atomic E-state index is 0.110. The van der Waals surface area contributed by atoms with Crippen molar-refractivity contribution in [3.05, 3.63) is 15.6 Å². The minimum atomic E-state index is -0.226. The monoisotopic (exact) mass is 267 g/mol. The molecule has 100 valence electrons. The van der Waals surface area contributed by atoms with Gasteiger partial charge >= 0.3 is 0 Å². The van der Waals surface area contributed by atoms with E-state index in [1.165, 1.54) is 30.6 Å². The Morgan fingerprint density at radius 3 is 2.56 bits per heavy atom. The fourth-order valence-electron chi connectivity index (χ4n) is 2.74. The van der Waals surface area contributed by atoms with Gasteiger partial charge in [0.15, 0.2) is 5.78 Å². The van der Waals surface area contributed by atoms with Crippen molar-refractivity contribution in [2.75, 3.05) is 6.61 Å². The second-order valence-corrected chi connectivity index (χ2v) is 5.98. The van der Waals surface area contributed by atoms with Crippen LogP contribution in [0.15, 0.2) is 0 Å². The number of aromatic nitrogens is 1. The van der Waals surface area contributed by atoms with E-state index in [9.17, 15) is 4.79 Å². The van der Waals surface area contributed by atoms with Crippen LogP contribution < -0.4 is 0 Å². The Balaban J connectivity index is 2.36. The van der Waals surface area contributed by atoms with Crippen molar-refractivity contribution in [2.24, 2.45) is 0 Å². The molecule has 1 fully saturated rings. The maximum Gasteiger partial charge on any atom is 0.171 e. The largest absolute Gasteiger partial charge is 0.368 e. The fraction of sp³-hybridized carbons (Fsp3) is 0.714. The third kappa shape index (κ3) is 2.50. The lowest BCUT2D eigenvalue weighted by Crippen LogP contribution is -2.32. The van der Waals surface area contributed by atoms with Gasteiger partial charge in [0.05, 0.1) is 10.6 Å². The van der Waals surface area contributed by atoms with Crippen LogP contribution in [0, 0.1) is 6.92 Å². The highest BCUT2D eigenvalue weighted by atomic mass is 32.1. The number of hydrogen-bond acceptors (Lipinski definition) is 4. The van der Waals surface area contributed by atoms with Crippen molar-refractivity contribution in [1.82, 2.24) is 4.98 Å². The summed E-state index contributed by atoms with van der Waals surface area (Å²) in [6.07, 6.45) is 5.72. The number of carbonyl (C=O) groups is 1. The highest BCUT2D eigenvalue weighted by molar-refractivity contribution is 7.14. The van der Waals surface area contributed by atoms with Crippen molar-refractivity contribution in [3.63, 3.8) is 0 Å². The molecule has 1 aromatic heterocycles. The Labute approximate surface area is 113 Å². The zero-order valence-corrected chi connectivity index (χ0v) is 12.2. The van der Waals surface area contributed by atoms with Crippen molar-refractivity contribution < 1.29 is 9.53 Å². The minimum Gasteiger partial charge on any atom is -0.368 e. The molecule has 0 bridgehead atoms. The normalized spacial score (nSPS) is 18.8. The topological polar surface area (TPSA) is 39.2 Å². The summed E-state index contributed by atoms with van der Waals surface area (Å²) in [7, 11) is 0. The lowest BCUT2D eigenvalue weighted by molar-refractivity contribution is -0.0705. The Morgan fingerprint density at radius 2 is 2.06 bits per heavy atom. The number of hydrogen-bond donors (Lipinski definition) is 0. The van der Waals surface area contributed by atoms with E-state index in [0.717, 1.165) is 28.4 Å². The summed E-state index contributed by atoms with van der Waals surface area (Å²) in [4.78, 5) is 17.0. The SMILES string of the molecule is CCOC1(c2nc(C)c(C(C)=O)s2)CCCCC1. The van der Waals surface area contributed by atoms with Crippen LogP contribution in [0.4, 0.5) is 0 Å². The number of rotatable bonds is 4. The molecule has 1 aliphatic rings. The van der Waals surface area contributed by atoms with Gasteiger partial charge in [0.2, 0.25) is 0 Å². The number of carbonyl (C=O) groups excluding carboxylic acids is 1. The second-order valence-electron chi connectivity index (χ2n) is 4.98. The first-order chi connectivity index (χ1) is 8.59. The van der Waals surface area contributed by atoms with Gasteiger partial charge in [0, 0.05) is 13.5 Å². The molecule has 1 aromatic rings. The lowest BCUT2D eigenvalue weighted by atomic mass is 9.85. The van der Waals surface area contributed by atoms with Crippen LogP contribution in [0.2, 0.25) is 0 Å². The molecule has 0 amide bonds. The number of thiazole rings is 1. The molecule has 1 saturated carbocycles. The number of Topliss-reactive ketones (excluding diaryl/α,β-unsaturated/α-hetero) is 1. The van der Waals surface area contributed by atoms with Crippen molar-refractivity contribution in [3.8, 4) is 0 Å². The smallest absolute Gasteiger partial charge is 0.171 e. The maximum atomic E-state index is 11.6. The number of aryl methyl sites for hydroxylation is 1. The summed E-state index contributed by atoms with van der Waals surface area (Å²) in [6.45, 7) is 6.26. The van der Waals surface area contributed by atoms with E-state index in [-0.39, 0.29) is 11.4 Å². The molecular formula is C14H21NO2S. The molecule has 0 atom stereocenters. The second kappa shape index (κ2) is 5.49. The van der Waals surface area contributed by atoms with E-state index in [2.05, 4.69) is 4.98 Å². The van der Waals surface area contributed by atoms with Crippen molar-refractivity contribution in [1.29, 1.82) is 0 Å². The zero-order chi connectivity index (χ0) is 13.2. The van der Waals surface area contributed by atoms with Crippen LogP contribution in [-0.2, 0) is 10.3 Å². The highest BCUT2D eigenvalue weighted by Crippen LogP contribution is 2.42. The molecule has 4 heteroatoms. The predicted molar refractivity (Wildman–Crippen MR) is 73.2 cm³/mol. The van der Waals surface area contributed by atoms with E-state index in [4.69, 9.17) is 4.74 Å². The molecule has 1 heterocycles. The van der Waals surface area contributed by atoms with Crippen molar-refractivity contribution in [2.45, 2.75) is 58.5 Å². The molecule has 0 aliphatic heterocycles. The number of ketones is 1. The van der Waals surface area contributed by atoms with Crippen LogP contribution in [-0.4, -0.2) is 17.4 Å². The summed E-state index contributed by atoms with van der Waals surface area (Å²) in [5.74, 6) is 0.110. The van der Waals surface area contributed by atoms with E-state index < -0.39 is 0 Å². The van der Waals surface area contributed by atoms with E-state index in [1.807, 2.05) is 13.8 Å². The van der Waals surface area contributed by atoms with Gasteiger partial charge in [0.1, 0.15) is 10.6 Å². The third-order valence-corrected chi connectivity index (χ3v) is 5.03. The Kier molecular flexibility index (Phi) is 4.17. The van der Waals surface area contributed by atoms with Gasteiger partial charge in [-0.25, -0.2) is 4.98 Å². The van der Waals surface area contributed by atoms with Gasteiger partial charge < -0.3 is 4.74 Å². The molecule has 0 saturated heterocycles. The highest BCUT2D eigenvalue weighted by Gasteiger charge is 2.38. The summed E-state index contributed by atoms with van der Waals surface area (Å²) < 4.78 is 6.04. The van der Waals surface area contributed by atoms with Gasteiger partial charge in [0.25, 0.3) is 0 Å². The average Bonchev–Trinajstić information content (AvgIpc) is 2.74. The quantitative estimate of drug-likeness (QED) is 0.778. The summed E-state index contributed by atoms with van der Waals surface area (Å²) in [5.41, 5.74) is 0.628. The maximum absolute atomic E-state index is 11.6.